The number of amides is 2. The van der Waals surface area contributed by atoms with Gasteiger partial charge in [0.2, 0.25) is 5.91 Å². The lowest BCUT2D eigenvalue weighted by molar-refractivity contribution is -0.120. The van der Waals surface area contributed by atoms with Gasteiger partial charge in [0.05, 0.1) is 34.3 Å². The number of carbonyl (C=O) groups is 2. The van der Waals surface area contributed by atoms with E-state index in [1.807, 2.05) is 38.3 Å². The van der Waals surface area contributed by atoms with Gasteiger partial charge in [-0.25, -0.2) is 9.67 Å². The monoisotopic (exact) mass is 385 g/mol. The van der Waals surface area contributed by atoms with E-state index in [2.05, 4.69) is 15.7 Å². The Labute approximate surface area is 161 Å². The minimum atomic E-state index is -0.310. The van der Waals surface area contributed by atoms with Gasteiger partial charge in [0.1, 0.15) is 0 Å². The van der Waals surface area contributed by atoms with Gasteiger partial charge in [-0.3, -0.25) is 9.59 Å². The Morgan fingerprint density at radius 1 is 1.30 bits per heavy atom. The van der Waals surface area contributed by atoms with Crippen LogP contribution in [0.4, 0.5) is 0 Å². The molecule has 0 aliphatic carbocycles. The van der Waals surface area contributed by atoms with E-state index >= 15 is 0 Å². The van der Waals surface area contributed by atoms with E-state index in [1.165, 1.54) is 0 Å². The summed E-state index contributed by atoms with van der Waals surface area (Å²) < 4.78 is 1.80. The Balaban J connectivity index is 1.95. The largest absolute Gasteiger partial charge is 0.355 e. The molecule has 0 atom stereocenters. The van der Waals surface area contributed by atoms with Gasteiger partial charge >= 0.3 is 0 Å². The maximum atomic E-state index is 12.8. The first-order valence-electron chi connectivity index (χ1n) is 8.98. The molecule has 3 aromatic heterocycles. The van der Waals surface area contributed by atoms with Crippen molar-refractivity contribution >= 4 is 34.2 Å². The van der Waals surface area contributed by atoms with E-state index in [0.29, 0.717) is 23.1 Å². The number of hydrogen-bond donors (Lipinski definition) is 2. The van der Waals surface area contributed by atoms with Crippen LogP contribution < -0.4 is 10.6 Å². The Morgan fingerprint density at radius 2 is 2.11 bits per heavy atom. The fraction of sp³-hybridized carbons (Fsp3) is 0.368. The lowest BCUT2D eigenvalue weighted by Crippen LogP contribution is -2.37. The molecule has 0 fully saturated rings. The van der Waals surface area contributed by atoms with Crippen LogP contribution in [0.2, 0.25) is 0 Å². The number of hydrogen-bond acceptors (Lipinski definition) is 5. The normalized spacial score (nSPS) is 11.1. The predicted octanol–water partition coefficient (Wildman–Crippen LogP) is 3.00. The Morgan fingerprint density at radius 3 is 2.78 bits per heavy atom. The zero-order valence-electron chi connectivity index (χ0n) is 15.7. The second kappa shape index (κ2) is 8.30. The number of fused-ring (bicyclic) bond motifs is 1. The highest BCUT2D eigenvalue weighted by Gasteiger charge is 2.19. The molecule has 0 saturated carbocycles. The van der Waals surface area contributed by atoms with Crippen LogP contribution in [0.3, 0.4) is 0 Å². The van der Waals surface area contributed by atoms with Crippen molar-refractivity contribution in [3.63, 3.8) is 0 Å². The quantitative estimate of drug-likeness (QED) is 0.654. The lowest BCUT2D eigenvalue weighted by Gasteiger charge is -2.10. The average molecular weight is 385 g/mol. The summed E-state index contributed by atoms with van der Waals surface area (Å²) in [4.78, 5) is 30.3. The summed E-state index contributed by atoms with van der Waals surface area (Å²) in [6.07, 6.45) is 2.51. The van der Waals surface area contributed by atoms with Crippen molar-refractivity contribution in [2.24, 2.45) is 0 Å². The standard InChI is InChI=1S/C19H23N5O2S/c1-4-7-20-17(25)11-21-19(26)13-9-15(16-6-5-8-27-16)23-18-14(13)10-22-24(18)12(2)3/h5-6,8-10,12H,4,7,11H2,1-3H3,(H,20,25)(H,21,26). The van der Waals surface area contributed by atoms with Crippen LogP contribution in [-0.2, 0) is 4.79 Å². The predicted molar refractivity (Wildman–Crippen MR) is 107 cm³/mol. The van der Waals surface area contributed by atoms with E-state index < -0.39 is 0 Å². The Hall–Kier alpha value is -2.74. The fourth-order valence-corrected chi connectivity index (χ4v) is 3.40. The third kappa shape index (κ3) is 4.16. The molecule has 3 aromatic rings. The van der Waals surface area contributed by atoms with Crippen molar-refractivity contribution in [3.8, 4) is 10.6 Å². The van der Waals surface area contributed by atoms with Gasteiger partial charge in [-0.05, 0) is 37.8 Å². The molecule has 0 aliphatic heterocycles. The number of nitrogens with one attached hydrogen (secondary N) is 2. The molecule has 3 heterocycles. The van der Waals surface area contributed by atoms with Gasteiger partial charge in [0.25, 0.3) is 5.91 Å². The Kier molecular flexibility index (Phi) is 5.85. The van der Waals surface area contributed by atoms with Gasteiger partial charge in [0.15, 0.2) is 5.65 Å². The number of nitrogens with zero attached hydrogens (tertiary/aromatic N) is 3. The minimum absolute atomic E-state index is 0.0602. The average Bonchev–Trinajstić information content (AvgIpc) is 3.32. The number of aromatic nitrogens is 3. The molecule has 0 aromatic carbocycles. The topological polar surface area (TPSA) is 88.9 Å². The number of carbonyl (C=O) groups excluding carboxylic acids is 2. The van der Waals surface area contributed by atoms with Gasteiger partial charge in [-0.2, -0.15) is 5.10 Å². The molecule has 2 amide bonds. The molecule has 0 radical (unpaired) electrons. The molecule has 0 bridgehead atoms. The highest BCUT2D eigenvalue weighted by atomic mass is 32.1. The van der Waals surface area contributed by atoms with Gasteiger partial charge in [-0.15, -0.1) is 11.3 Å². The van der Waals surface area contributed by atoms with E-state index in [0.717, 1.165) is 17.0 Å². The van der Waals surface area contributed by atoms with E-state index in [1.54, 1.807) is 28.3 Å². The van der Waals surface area contributed by atoms with Crippen LogP contribution in [0.15, 0.2) is 29.8 Å². The van der Waals surface area contributed by atoms with Crippen molar-refractivity contribution in [1.29, 1.82) is 0 Å². The second-order valence-electron chi connectivity index (χ2n) is 6.49. The van der Waals surface area contributed by atoms with Crippen LogP contribution in [0.25, 0.3) is 21.6 Å². The van der Waals surface area contributed by atoms with Crippen molar-refractivity contribution in [2.45, 2.75) is 33.2 Å². The van der Waals surface area contributed by atoms with Crippen LogP contribution in [0.5, 0.6) is 0 Å². The number of thiophene rings is 1. The highest BCUT2D eigenvalue weighted by molar-refractivity contribution is 7.13. The summed E-state index contributed by atoms with van der Waals surface area (Å²) in [6.45, 7) is 6.55. The first kappa shape index (κ1) is 19.0. The van der Waals surface area contributed by atoms with Crippen molar-refractivity contribution < 1.29 is 9.59 Å². The zero-order chi connectivity index (χ0) is 19.4. The number of pyridine rings is 1. The van der Waals surface area contributed by atoms with Gasteiger partial charge < -0.3 is 10.6 Å². The van der Waals surface area contributed by atoms with E-state index in [4.69, 9.17) is 4.98 Å². The maximum absolute atomic E-state index is 12.8. The molecular weight excluding hydrogens is 362 g/mol. The zero-order valence-corrected chi connectivity index (χ0v) is 16.5. The molecule has 3 rings (SSSR count). The van der Waals surface area contributed by atoms with E-state index in [9.17, 15) is 9.59 Å². The molecule has 0 unspecified atom stereocenters. The molecule has 0 spiro atoms. The molecule has 8 heteroatoms. The molecule has 0 aliphatic rings. The lowest BCUT2D eigenvalue weighted by atomic mass is 10.1. The minimum Gasteiger partial charge on any atom is -0.355 e. The third-order valence-corrected chi connectivity index (χ3v) is 4.95. The van der Waals surface area contributed by atoms with Crippen LogP contribution in [0.1, 0.15) is 43.6 Å². The van der Waals surface area contributed by atoms with E-state index in [-0.39, 0.29) is 24.4 Å². The molecular formula is C19H23N5O2S. The summed E-state index contributed by atoms with van der Waals surface area (Å²) in [5.74, 6) is -0.512. The highest BCUT2D eigenvalue weighted by Crippen LogP contribution is 2.28. The summed E-state index contributed by atoms with van der Waals surface area (Å²) in [5.41, 5.74) is 1.86. The summed E-state index contributed by atoms with van der Waals surface area (Å²) in [5, 5.41) is 12.5. The van der Waals surface area contributed by atoms with Crippen LogP contribution in [-0.4, -0.2) is 39.7 Å². The molecule has 0 saturated heterocycles. The van der Waals surface area contributed by atoms with Crippen molar-refractivity contribution in [2.75, 3.05) is 13.1 Å². The first-order valence-corrected chi connectivity index (χ1v) is 9.86. The van der Waals surface area contributed by atoms with Crippen LogP contribution >= 0.6 is 11.3 Å². The maximum Gasteiger partial charge on any atom is 0.252 e. The smallest absolute Gasteiger partial charge is 0.252 e. The van der Waals surface area contributed by atoms with Crippen molar-refractivity contribution in [1.82, 2.24) is 25.4 Å². The Bertz CT molecular complexity index is 947. The van der Waals surface area contributed by atoms with Gasteiger partial charge in [-0.1, -0.05) is 13.0 Å². The molecule has 7 nitrogen and oxygen atoms in total. The summed E-state index contributed by atoms with van der Waals surface area (Å²) >= 11 is 1.56. The fourth-order valence-electron chi connectivity index (χ4n) is 2.72. The first-order chi connectivity index (χ1) is 13.0. The second-order valence-corrected chi connectivity index (χ2v) is 7.43. The third-order valence-electron chi connectivity index (χ3n) is 4.06. The molecule has 27 heavy (non-hydrogen) atoms. The summed E-state index contributed by atoms with van der Waals surface area (Å²) in [7, 11) is 0. The SMILES string of the molecule is CCCNC(=O)CNC(=O)c1cc(-c2cccs2)nc2c1cnn2C(C)C. The van der Waals surface area contributed by atoms with Gasteiger partial charge in [0, 0.05) is 12.6 Å². The molecule has 2 N–H and O–H groups in total. The number of rotatable bonds is 7. The van der Waals surface area contributed by atoms with Crippen molar-refractivity contribution in [3.05, 3.63) is 35.3 Å². The summed E-state index contributed by atoms with van der Waals surface area (Å²) in [6, 6.07) is 5.79. The molecule has 142 valence electrons. The van der Waals surface area contributed by atoms with Crippen LogP contribution in [0, 0.1) is 0 Å².